The minimum absolute atomic E-state index is 0.125. The topological polar surface area (TPSA) is 83.4 Å². The second-order valence-corrected chi connectivity index (χ2v) is 6.50. The van der Waals surface area contributed by atoms with Gasteiger partial charge in [0.1, 0.15) is 6.54 Å². The van der Waals surface area contributed by atoms with E-state index >= 15 is 0 Å². The zero-order chi connectivity index (χ0) is 19.2. The van der Waals surface area contributed by atoms with Crippen molar-refractivity contribution in [2.45, 2.75) is 25.9 Å². The summed E-state index contributed by atoms with van der Waals surface area (Å²) in [7, 11) is 0. The minimum atomic E-state index is -0.336. The number of aliphatic hydroxyl groups excluding tert-OH is 1. The molecule has 0 fully saturated rings. The summed E-state index contributed by atoms with van der Waals surface area (Å²) in [5.74, 6) is -0.313. The van der Waals surface area contributed by atoms with Crippen LogP contribution in [0.2, 0.25) is 0 Å². The number of anilines is 1. The second kappa shape index (κ2) is 8.51. The maximum Gasteiger partial charge on any atom is 0.240 e. The molecule has 0 bridgehead atoms. The van der Waals surface area contributed by atoms with Crippen molar-refractivity contribution >= 4 is 28.4 Å². The van der Waals surface area contributed by atoms with Gasteiger partial charge in [0.15, 0.2) is 0 Å². The third-order valence-corrected chi connectivity index (χ3v) is 4.35. The summed E-state index contributed by atoms with van der Waals surface area (Å²) in [5, 5.41) is 16.2. The van der Waals surface area contributed by atoms with Gasteiger partial charge in [-0.2, -0.15) is 0 Å². The number of amides is 2. The van der Waals surface area contributed by atoms with Crippen molar-refractivity contribution in [2.75, 3.05) is 11.9 Å². The average molecular weight is 365 g/mol. The first-order chi connectivity index (χ1) is 13.1. The molecule has 140 valence electrons. The zero-order valence-corrected chi connectivity index (χ0v) is 15.2. The summed E-state index contributed by atoms with van der Waals surface area (Å²) in [6.45, 7) is 1.48. The van der Waals surface area contributed by atoms with E-state index in [-0.39, 0.29) is 31.0 Å². The van der Waals surface area contributed by atoms with Gasteiger partial charge in [-0.15, -0.1) is 0 Å². The molecule has 0 aliphatic carbocycles. The van der Waals surface area contributed by atoms with Crippen molar-refractivity contribution in [3.63, 3.8) is 0 Å². The molecule has 27 heavy (non-hydrogen) atoms. The Bertz CT molecular complexity index is 934. The molecule has 0 saturated heterocycles. The first kappa shape index (κ1) is 18.7. The number of hydrogen-bond donors (Lipinski definition) is 3. The van der Waals surface area contributed by atoms with Crippen LogP contribution in [0.4, 0.5) is 5.69 Å². The van der Waals surface area contributed by atoms with Crippen LogP contribution in [0, 0.1) is 0 Å². The number of fused-ring (bicyclic) bond motifs is 1. The molecule has 2 amide bonds. The highest BCUT2D eigenvalue weighted by Gasteiger charge is 2.14. The Morgan fingerprint density at radius 3 is 2.56 bits per heavy atom. The Kier molecular flexibility index (Phi) is 5.88. The number of carbonyl (C=O) groups excluding carboxylic acids is 2. The number of nitrogens with zero attached hydrogens (tertiary/aromatic N) is 1. The van der Waals surface area contributed by atoms with Gasteiger partial charge in [0.05, 0.1) is 23.9 Å². The highest BCUT2D eigenvalue weighted by atomic mass is 16.3. The van der Waals surface area contributed by atoms with Crippen LogP contribution in [-0.2, 0) is 22.6 Å². The van der Waals surface area contributed by atoms with Crippen LogP contribution < -0.4 is 10.6 Å². The highest BCUT2D eigenvalue weighted by molar-refractivity contribution is 6.01. The number of hydrogen-bond acceptors (Lipinski definition) is 3. The fourth-order valence-corrected chi connectivity index (χ4v) is 3.15. The molecule has 1 aromatic heterocycles. The number of aliphatic hydroxyl groups is 1. The number of aromatic nitrogens is 1. The molecule has 1 atom stereocenters. The Labute approximate surface area is 157 Å². The van der Waals surface area contributed by atoms with Crippen molar-refractivity contribution in [2.24, 2.45) is 0 Å². The molecule has 1 unspecified atom stereocenters. The lowest BCUT2D eigenvalue weighted by Crippen LogP contribution is -2.40. The highest BCUT2D eigenvalue weighted by Crippen LogP contribution is 2.24. The van der Waals surface area contributed by atoms with Gasteiger partial charge in [-0.25, -0.2) is 0 Å². The van der Waals surface area contributed by atoms with Gasteiger partial charge < -0.3 is 20.3 Å². The molecular formula is C21H23N3O3. The second-order valence-electron chi connectivity index (χ2n) is 6.50. The van der Waals surface area contributed by atoms with Crippen LogP contribution in [0.1, 0.15) is 12.5 Å². The largest absolute Gasteiger partial charge is 0.394 e. The summed E-state index contributed by atoms with van der Waals surface area (Å²) in [4.78, 5) is 23.8. The van der Waals surface area contributed by atoms with E-state index in [2.05, 4.69) is 10.6 Å². The molecule has 0 spiro atoms. The van der Waals surface area contributed by atoms with Crippen molar-refractivity contribution in [1.29, 1.82) is 0 Å². The van der Waals surface area contributed by atoms with E-state index in [1.165, 1.54) is 6.92 Å². The summed E-state index contributed by atoms with van der Waals surface area (Å²) in [6, 6.07) is 16.9. The summed E-state index contributed by atoms with van der Waals surface area (Å²) in [6.07, 6.45) is 2.39. The molecule has 0 radical (unpaired) electrons. The molecule has 6 heteroatoms. The number of nitrogens with one attached hydrogen (secondary N) is 2. The Morgan fingerprint density at radius 1 is 1.07 bits per heavy atom. The van der Waals surface area contributed by atoms with Gasteiger partial charge >= 0.3 is 0 Å². The quantitative estimate of drug-likeness (QED) is 0.601. The van der Waals surface area contributed by atoms with Gasteiger partial charge in [0, 0.05) is 18.5 Å². The molecule has 0 aliphatic heterocycles. The molecule has 2 aromatic carbocycles. The van der Waals surface area contributed by atoms with Crippen LogP contribution >= 0.6 is 0 Å². The predicted molar refractivity (Wildman–Crippen MR) is 105 cm³/mol. The van der Waals surface area contributed by atoms with Crippen molar-refractivity contribution < 1.29 is 14.7 Å². The van der Waals surface area contributed by atoms with Crippen molar-refractivity contribution in [3.8, 4) is 0 Å². The molecule has 6 nitrogen and oxygen atoms in total. The number of benzene rings is 2. The lowest BCUT2D eigenvalue weighted by Gasteiger charge is -2.17. The van der Waals surface area contributed by atoms with Crippen LogP contribution in [0.5, 0.6) is 0 Å². The number of rotatable bonds is 7. The van der Waals surface area contributed by atoms with Crippen LogP contribution in [0.3, 0.4) is 0 Å². The van der Waals surface area contributed by atoms with Gasteiger partial charge in [0.25, 0.3) is 0 Å². The van der Waals surface area contributed by atoms with E-state index in [0.29, 0.717) is 6.42 Å². The maximum absolute atomic E-state index is 12.5. The van der Waals surface area contributed by atoms with Gasteiger partial charge in [-0.3, -0.25) is 9.59 Å². The van der Waals surface area contributed by atoms with Crippen LogP contribution in [0.25, 0.3) is 10.9 Å². The SMILES string of the molecule is CC(=O)Nc1cccc2c1ccn2CC(=O)NC(CO)Cc1ccccc1. The summed E-state index contributed by atoms with van der Waals surface area (Å²) >= 11 is 0. The average Bonchev–Trinajstić information content (AvgIpc) is 3.05. The molecular weight excluding hydrogens is 342 g/mol. The van der Waals surface area contributed by atoms with E-state index in [9.17, 15) is 14.7 Å². The zero-order valence-electron chi connectivity index (χ0n) is 15.2. The summed E-state index contributed by atoms with van der Waals surface area (Å²) in [5.41, 5.74) is 2.64. The third kappa shape index (κ3) is 4.74. The first-order valence-corrected chi connectivity index (χ1v) is 8.86. The van der Waals surface area contributed by atoms with Crippen LogP contribution in [0.15, 0.2) is 60.8 Å². The van der Waals surface area contributed by atoms with Gasteiger partial charge in [0.2, 0.25) is 11.8 Å². The smallest absolute Gasteiger partial charge is 0.240 e. The fraction of sp³-hybridized carbons (Fsp3) is 0.238. The van der Waals surface area contributed by atoms with E-state index in [1.54, 1.807) is 0 Å². The molecule has 3 aromatic rings. The van der Waals surface area contributed by atoms with E-state index in [0.717, 1.165) is 22.2 Å². The van der Waals surface area contributed by atoms with Crippen molar-refractivity contribution in [1.82, 2.24) is 9.88 Å². The predicted octanol–water partition coefficient (Wildman–Crippen LogP) is 2.32. The fourth-order valence-electron chi connectivity index (χ4n) is 3.15. The summed E-state index contributed by atoms with van der Waals surface area (Å²) < 4.78 is 1.83. The number of carbonyl (C=O) groups is 2. The van der Waals surface area contributed by atoms with E-state index < -0.39 is 0 Å². The Hall–Kier alpha value is -3.12. The maximum atomic E-state index is 12.5. The molecule has 3 N–H and O–H groups in total. The molecule has 0 aliphatic rings. The molecule has 1 heterocycles. The Balaban J connectivity index is 1.69. The monoisotopic (exact) mass is 365 g/mol. The standard InChI is InChI=1S/C21H23N3O3/c1-15(26)22-19-8-5-9-20-18(19)10-11-24(20)13-21(27)23-17(14-25)12-16-6-3-2-4-7-16/h2-11,17,25H,12-14H2,1H3,(H,22,26)(H,23,27). The van der Waals surface area contributed by atoms with Gasteiger partial charge in [-0.1, -0.05) is 36.4 Å². The Morgan fingerprint density at radius 2 is 1.85 bits per heavy atom. The molecule has 3 rings (SSSR count). The molecule has 0 saturated carbocycles. The van der Waals surface area contributed by atoms with E-state index in [1.807, 2.05) is 65.4 Å². The third-order valence-electron chi connectivity index (χ3n) is 4.35. The first-order valence-electron chi connectivity index (χ1n) is 8.86. The van der Waals surface area contributed by atoms with E-state index in [4.69, 9.17) is 0 Å². The normalized spacial score (nSPS) is 11.9. The minimum Gasteiger partial charge on any atom is -0.394 e. The van der Waals surface area contributed by atoms with Crippen molar-refractivity contribution in [3.05, 3.63) is 66.4 Å². The van der Waals surface area contributed by atoms with Gasteiger partial charge in [-0.05, 0) is 30.2 Å². The van der Waals surface area contributed by atoms with Crippen LogP contribution in [-0.4, -0.2) is 34.1 Å². The lowest BCUT2D eigenvalue weighted by molar-refractivity contribution is -0.122. The lowest BCUT2D eigenvalue weighted by atomic mass is 10.1.